The van der Waals surface area contributed by atoms with Gasteiger partial charge in [0.2, 0.25) is 29.5 Å². The molecule has 0 spiro atoms. The molecule has 0 saturated carbocycles. The summed E-state index contributed by atoms with van der Waals surface area (Å²) in [6.45, 7) is 3.41. The first-order valence-electron chi connectivity index (χ1n) is 17.8. The summed E-state index contributed by atoms with van der Waals surface area (Å²) in [5, 5.41) is 2.90. The molecule has 15 heteroatoms. The fraction of sp³-hybridized carbons (Fsp3) is 0.300. The van der Waals surface area contributed by atoms with E-state index < -0.39 is 36.7 Å². The van der Waals surface area contributed by atoms with Crippen LogP contribution in [0.4, 0.5) is 14.5 Å². The Balaban J connectivity index is 1.17. The van der Waals surface area contributed by atoms with Gasteiger partial charge in [0.05, 0.1) is 5.69 Å². The highest BCUT2D eigenvalue weighted by Gasteiger charge is 2.58. The zero-order valence-electron chi connectivity index (χ0n) is 30.2. The molecule has 2 aromatic heterocycles. The average molecular weight is 772 g/mol. The highest BCUT2D eigenvalue weighted by atomic mass is 31.2. The molecular formula is C40H40F2N5O7P. The smallest absolute Gasteiger partial charge is 0.393 e. The third kappa shape index (κ3) is 8.65. The van der Waals surface area contributed by atoms with Crippen molar-refractivity contribution in [3.63, 3.8) is 0 Å². The number of aromatic nitrogens is 2. The third-order valence-electron chi connectivity index (χ3n) is 9.59. The zero-order chi connectivity index (χ0) is 39.3. The van der Waals surface area contributed by atoms with Crippen LogP contribution in [0.2, 0.25) is 0 Å². The number of hydrogen-bond donors (Lipinski definition) is 2. The molecular weight excluding hydrogens is 731 g/mol. The van der Waals surface area contributed by atoms with Crippen molar-refractivity contribution in [3.8, 4) is 11.8 Å². The van der Waals surface area contributed by atoms with E-state index in [-0.39, 0.29) is 48.2 Å². The molecule has 3 atom stereocenters. The van der Waals surface area contributed by atoms with Crippen molar-refractivity contribution in [1.82, 2.24) is 15.3 Å². The Morgan fingerprint density at radius 1 is 0.982 bits per heavy atom. The highest BCUT2D eigenvalue weighted by Crippen LogP contribution is 2.65. The standard InChI is InChI=1S/C40H40F2N5O7P/c1-25(27-15-17-31(18-16-27)40(41,42)55(52,53-35-10-3-5-20-44-35)54-36-11-4-6-21-45-36)22-32(48)23-30-14-13-28-8-7-9-29-24-33(47(37(28)29)39(30)51)38(50)46-26(2)12-19-34(43)49/h3-11,15-18,20-22,26,30,33H,12-14,19,23-24H2,1-2H3,(H2,43,49)(H,46,50)/b25-22+/t26-,30-,33+/m1/s1. The van der Waals surface area contributed by atoms with Crippen LogP contribution in [-0.2, 0) is 42.2 Å². The van der Waals surface area contributed by atoms with Gasteiger partial charge in [-0.1, -0.05) is 54.6 Å². The fourth-order valence-electron chi connectivity index (χ4n) is 6.76. The Morgan fingerprint density at radius 3 is 2.22 bits per heavy atom. The molecule has 2 aliphatic rings. The summed E-state index contributed by atoms with van der Waals surface area (Å²) in [6.07, 6.45) is 5.52. The Labute approximate surface area is 316 Å². The number of hydrogen-bond acceptors (Lipinski definition) is 9. The number of nitrogens with zero attached hydrogens (tertiary/aromatic N) is 3. The maximum Gasteiger partial charge on any atom is 0.507 e. The van der Waals surface area contributed by atoms with Gasteiger partial charge in [0.1, 0.15) is 6.04 Å². The van der Waals surface area contributed by atoms with Gasteiger partial charge in [-0.2, -0.15) is 8.78 Å². The van der Waals surface area contributed by atoms with Crippen molar-refractivity contribution < 1.29 is 41.6 Å². The minimum atomic E-state index is -5.34. The molecule has 2 aromatic carbocycles. The normalized spacial score (nSPS) is 17.5. The molecule has 55 heavy (non-hydrogen) atoms. The summed E-state index contributed by atoms with van der Waals surface area (Å²) in [5.41, 5.74) is 3.83. The van der Waals surface area contributed by atoms with Crippen molar-refractivity contribution in [1.29, 1.82) is 0 Å². The summed E-state index contributed by atoms with van der Waals surface area (Å²) in [4.78, 5) is 61.6. The van der Waals surface area contributed by atoms with Crippen LogP contribution in [0, 0.1) is 5.92 Å². The van der Waals surface area contributed by atoms with Gasteiger partial charge in [-0.15, -0.1) is 0 Å². The molecule has 0 aliphatic carbocycles. The summed E-state index contributed by atoms with van der Waals surface area (Å²) < 4.78 is 56.5. The number of ketones is 1. The largest absolute Gasteiger partial charge is 0.507 e. The summed E-state index contributed by atoms with van der Waals surface area (Å²) >= 11 is 0. The van der Waals surface area contributed by atoms with Gasteiger partial charge < -0.3 is 20.1 Å². The van der Waals surface area contributed by atoms with Crippen LogP contribution >= 0.6 is 7.60 Å². The number of carbonyl (C=O) groups is 4. The monoisotopic (exact) mass is 771 g/mol. The molecule has 0 saturated heterocycles. The van der Waals surface area contributed by atoms with Crippen molar-refractivity contribution >= 4 is 42.4 Å². The van der Waals surface area contributed by atoms with Crippen LogP contribution in [0.15, 0.2) is 97.3 Å². The summed E-state index contributed by atoms with van der Waals surface area (Å²) in [5.74, 6) is -2.89. The van der Waals surface area contributed by atoms with Gasteiger partial charge in [-0.25, -0.2) is 14.5 Å². The number of rotatable bonds is 15. The Hall–Kier alpha value is -5.75. The molecule has 3 N–H and O–H groups in total. The maximum absolute atomic E-state index is 16.1. The van der Waals surface area contributed by atoms with E-state index in [4.69, 9.17) is 14.8 Å². The van der Waals surface area contributed by atoms with Crippen LogP contribution < -0.4 is 25.0 Å². The Morgan fingerprint density at radius 2 is 1.62 bits per heavy atom. The molecule has 12 nitrogen and oxygen atoms in total. The quantitative estimate of drug-likeness (QED) is 0.101. The van der Waals surface area contributed by atoms with E-state index in [0.717, 1.165) is 23.3 Å². The lowest BCUT2D eigenvalue weighted by Crippen LogP contribution is -2.51. The van der Waals surface area contributed by atoms with Gasteiger partial charge in [0.25, 0.3) is 0 Å². The first-order valence-corrected chi connectivity index (χ1v) is 19.3. The van der Waals surface area contributed by atoms with Crippen LogP contribution in [-0.4, -0.2) is 45.6 Å². The summed E-state index contributed by atoms with van der Waals surface area (Å²) in [7, 11) is -5.34. The molecule has 0 bridgehead atoms. The second-order valence-corrected chi connectivity index (χ2v) is 15.6. The van der Waals surface area contributed by atoms with E-state index in [0.29, 0.717) is 42.5 Å². The molecule has 2 aliphatic heterocycles. The minimum Gasteiger partial charge on any atom is -0.393 e. The van der Waals surface area contributed by atoms with Gasteiger partial charge >= 0.3 is 13.3 Å². The lowest BCUT2D eigenvalue weighted by Gasteiger charge is -2.28. The van der Waals surface area contributed by atoms with Crippen molar-refractivity contribution in [2.45, 2.75) is 70.1 Å². The molecule has 0 fully saturated rings. The van der Waals surface area contributed by atoms with Gasteiger partial charge in [-0.05, 0) is 73.6 Å². The number of amides is 3. The number of benzene rings is 2. The Kier molecular flexibility index (Phi) is 11.6. The van der Waals surface area contributed by atoms with E-state index in [1.807, 2.05) is 18.2 Å². The van der Waals surface area contributed by atoms with Gasteiger partial charge in [0, 0.05) is 61.3 Å². The second-order valence-electron chi connectivity index (χ2n) is 13.6. The molecule has 4 aromatic rings. The van der Waals surface area contributed by atoms with Crippen molar-refractivity contribution in [3.05, 3.63) is 120 Å². The van der Waals surface area contributed by atoms with Crippen LogP contribution in [0.1, 0.15) is 61.8 Å². The zero-order valence-corrected chi connectivity index (χ0v) is 31.1. The first-order chi connectivity index (χ1) is 26.3. The predicted molar refractivity (Wildman–Crippen MR) is 200 cm³/mol. The molecule has 3 amide bonds. The average Bonchev–Trinajstić information content (AvgIpc) is 3.50. The van der Waals surface area contributed by atoms with Crippen LogP contribution in [0.3, 0.4) is 0 Å². The number of carbonyl (C=O) groups excluding carboxylic acids is 4. The van der Waals surface area contributed by atoms with Gasteiger partial charge in [0.15, 0.2) is 5.78 Å². The first kappa shape index (κ1) is 39.0. The second kappa shape index (κ2) is 16.3. The number of halogens is 2. The predicted octanol–water partition coefficient (Wildman–Crippen LogP) is 6.53. The lowest BCUT2D eigenvalue weighted by atomic mass is 9.92. The van der Waals surface area contributed by atoms with E-state index >= 15 is 8.78 Å². The lowest BCUT2D eigenvalue weighted by molar-refractivity contribution is -0.129. The number of para-hydroxylation sites is 1. The number of allylic oxidation sites excluding steroid dienone is 2. The molecule has 4 heterocycles. The Bertz CT molecular complexity index is 2110. The number of aryl methyl sites for hydroxylation is 1. The van der Waals surface area contributed by atoms with Crippen LogP contribution in [0.25, 0.3) is 5.57 Å². The van der Waals surface area contributed by atoms with E-state index in [1.54, 1.807) is 26.0 Å². The molecule has 286 valence electrons. The topological polar surface area (TPSA) is 171 Å². The third-order valence-corrected chi connectivity index (χ3v) is 11.4. The highest BCUT2D eigenvalue weighted by molar-refractivity contribution is 7.55. The number of pyridine rings is 2. The number of nitrogens with one attached hydrogen (secondary N) is 1. The molecule has 0 radical (unpaired) electrons. The number of alkyl halides is 2. The van der Waals surface area contributed by atoms with Crippen molar-refractivity contribution in [2.24, 2.45) is 11.7 Å². The summed E-state index contributed by atoms with van der Waals surface area (Å²) in [6, 6.07) is 18.0. The molecule has 6 rings (SSSR count). The number of primary amides is 1. The van der Waals surface area contributed by atoms with E-state index in [1.165, 1.54) is 59.8 Å². The number of anilines is 1. The SMILES string of the molecule is C/C(=C\C(=O)C[C@H]1CCc2cccc3c2N(C1=O)[C@H](C(=O)N[C@H](C)CCC(N)=O)C3)c1ccc(C(F)(F)P(=O)(Oc2ccccn2)Oc2ccccn2)cc1. The van der Waals surface area contributed by atoms with E-state index in [2.05, 4.69) is 15.3 Å². The maximum atomic E-state index is 16.1. The molecule has 0 unspecified atom stereocenters. The fourth-order valence-corrected chi connectivity index (χ4v) is 8.20. The number of nitrogens with two attached hydrogens (primary N) is 1. The minimum absolute atomic E-state index is 0.109. The van der Waals surface area contributed by atoms with Gasteiger partial charge in [-0.3, -0.25) is 24.1 Å². The van der Waals surface area contributed by atoms with E-state index in [9.17, 15) is 23.7 Å². The van der Waals surface area contributed by atoms with Crippen LogP contribution in [0.5, 0.6) is 11.8 Å². The van der Waals surface area contributed by atoms with Crippen molar-refractivity contribution in [2.75, 3.05) is 4.90 Å².